The SMILES string of the molecule is CC(NCCOCC(N)=O)c1ccc(Cl)cc1. The van der Waals surface area contributed by atoms with Crippen LogP contribution in [0.2, 0.25) is 5.02 Å². The van der Waals surface area contributed by atoms with E-state index < -0.39 is 5.91 Å². The molecule has 0 radical (unpaired) electrons. The van der Waals surface area contributed by atoms with Crippen molar-refractivity contribution in [2.75, 3.05) is 19.8 Å². The molecule has 0 spiro atoms. The molecule has 3 N–H and O–H groups in total. The van der Waals surface area contributed by atoms with Crippen LogP contribution in [0.1, 0.15) is 18.5 Å². The Morgan fingerprint density at radius 1 is 1.47 bits per heavy atom. The molecule has 0 saturated carbocycles. The highest BCUT2D eigenvalue weighted by Gasteiger charge is 2.03. The van der Waals surface area contributed by atoms with E-state index in [4.69, 9.17) is 22.1 Å². The molecule has 94 valence electrons. The van der Waals surface area contributed by atoms with Crippen LogP contribution >= 0.6 is 11.6 Å². The molecule has 1 atom stereocenters. The maximum atomic E-state index is 10.4. The first-order valence-corrected chi connectivity index (χ1v) is 5.82. The second kappa shape index (κ2) is 7.27. The van der Waals surface area contributed by atoms with Crippen LogP contribution in [-0.4, -0.2) is 25.7 Å². The van der Waals surface area contributed by atoms with E-state index in [1.54, 1.807) is 0 Å². The van der Waals surface area contributed by atoms with E-state index in [1.807, 2.05) is 24.3 Å². The third kappa shape index (κ3) is 5.68. The molecule has 5 heteroatoms. The molecule has 0 bridgehead atoms. The Bertz CT molecular complexity index is 354. The maximum Gasteiger partial charge on any atom is 0.243 e. The molecule has 0 saturated heterocycles. The minimum Gasteiger partial charge on any atom is -0.370 e. The smallest absolute Gasteiger partial charge is 0.243 e. The molecule has 1 amide bonds. The number of hydrogen-bond donors (Lipinski definition) is 2. The lowest BCUT2D eigenvalue weighted by atomic mass is 10.1. The van der Waals surface area contributed by atoms with Crippen LogP contribution in [-0.2, 0) is 9.53 Å². The first-order valence-electron chi connectivity index (χ1n) is 5.44. The summed E-state index contributed by atoms with van der Waals surface area (Å²) in [5, 5.41) is 4.00. The lowest BCUT2D eigenvalue weighted by molar-refractivity contribution is -0.122. The molecular weight excluding hydrogens is 240 g/mol. The van der Waals surface area contributed by atoms with Crippen LogP contribution in [0, 0.1) is 0 Å². The highest BCUT2D eigenvalue weighted by Crippen LogP contribution is 2.15. The Hall–Kier alpha value is -1.10. The number of carbonyl (C=O) groups excluding carboxylic acids is 1. The summed E-state index contributed by atoms with van der Waals surface area (Å²) < 4.78 is 5.04. The zero-order chi connectivity index (χ0) is 12.7. The fourth-order valence-corrected chi connectivity index (χ4v) is 1.52. The fraction of sp³-hybridized carbons (Fsp3) is 0.417. The Morgan fingerprint density at radius 2 is 2.12 bits per heavy atom. The average molecular weight is 257 g/mol. The van der Waals surface area contributed by atoms with Crippen LogP contribution in [0.5, 0.6) is 0 Å². The van der Waals surface area contributed by atoms with Gasteiger partial charge in [-0.1, -0.05) is 23.7 Å². The van der Waals surface area contributed by atoms with E-state index in [0.29, 0.717) is 13.2 Å². The topological polar surface area (TPSA) is 64.3 Å². The van der Waals surface area contributed by atoms with Crippen molar-refractivity contribution in [2.24, 2.45) is 5.73 Å². The van der Waals surface area contributed by atoms with Crippen molar-refractivity contribution >= 4 is 17.5 Å². The van der Waals surface area contributed by atoms with Gasteiger partial charge in [-0.25, -0.2) is 0 Å². The first kappa shape index (κ1) is 14.0. The van der Waals surface area contributed by atoms with E-state index in [1.165, 1.54) is 0 Å². The number of nitrogens with two attached hydrogens (primary N) is 1. The summed E-state index contributed by atoms with van der Waals surface area (Å²) in [4.78, 5) is 10.4. The summed E-state index contributed by atoms with van der Waals surface area (Å²) in [5.74, 6) is -0.448. The van der Waals surface area contributed by atoms with Gasteiger partial charge >= 0.3 is 0 Å². The third-order valence-electron chi connectivity index (χ3n) is 2.31. The first-order chi connectivity index (χ1) is 8.09. The number of halogens is 1. The predicted octanol–water partition coefficient (Wildman–Crippen LogP) is 1.49. The van der Waals surface area contributed by atoms with E-state index in [0.717, 1.165) is 10.6 Å². The zero-order valence-electron chi connectivity index (χ0n) is 9.78. The summed E-state index contributed by atoms with van der Waals surface area (Å²) >= 11 is 5.81. The summed E-state index contributed by atoms with van der Waals surface area (Å²) in [6.45, 7) is 3.15. The van der Waals surface area contributed by atoms with Gasteiger partial charge in [0.15, 0.2) is 0 Å². The molecule has 0 fully saturated rings. The van der Waals surface area contributed by atoms with Crippen molar-refractivity contribution in [2.45, 2.75) is 13.0 Å². The van der Waals surface area contributed by atoms with Crippen LogP contribution in [0.15, 0.2) is 24.3 Å². The predicted molar refractivity (Wildman–Crippen MR) is 67.9 cm³/mol. The average Bonchev–Trinajstić information content (AvgIpc) is 2.29. The van der Waals surface area contributed by atoms with Crippen molar-refractivity contribution in [3.8, 4) is 0 Å². The van der Waals surface area contributed by atoms with Gasteiger partial charge in [0.05, 0.1) is 6.61 Å². The van der Waals surface area contributed by atoms with Crippen LogP contribution < -0.4 is 11.1 Å². The Morgan fingerprint density at radius 3 is 2.71 bits per heavy atom. The van der Waals surface area contributed by atoms with E-state index >= 15 is 0 Å². The number of carbonyl (C=O) groups is 1. The van der Waals surface area contributed by atoms with Gasteiger partial charge in [0.25, 0.3) is 0 Å². The van der Waals surface area contributed by atoms with Crippen molar-refractivity contribution < 1.29 is 9.53 Å². The van der Waals surface area contributed by atoms with E-state index in [9.17, 15) is 4.79 Å². The van der Waals surface area contributed by atoms with Gasteiger partial charge in [-0.15, -0.1) is 0 Å². The van der Waals surface area contributed by atoms with Crippen molar-refractivity contribution in [3.63, 3.8) is 0 Å². The number of hydrogen-bond acceptors (Lipinski definition) is 3. The van der Waals surface area contributed by atoms with E-state index in [-0.39, 0.29) is 12.6 Å². The molecule has 1 aromatic rings. The fourth-order valence-electron chi connectivity index (χ4n) is 1.39. The summed E-state index contributed by atoms with van der Waals surface area (Å²) in [5.41, 5.74) is 6.10. The Kier molecular flexibility index (Phi) is 5.97. The largest absolute Gasteiger partial charge is 0.370 e. The molecule has 0 aliphatic rings. The summed E-state index contributed by atoms with van der Waals surface area (Å²) in [6.07, 6.45) is 0. The summed E-state index contributed by atoms with van der Waals surface area (Å²) in [7, 11) is 0. The second-order valence-electron chi connectivity index (χ2n) is 3.75. The van der Waals surface area contributed by atoms with Gasteiger partial charge in [0.2, 0.25) is 5.91 Å². The monoisotopic (exact) mass is 256 g/mol. The second-order valence-corrected chi connectivity index (χ2v) is 4.18. The van der Waals surface area contributed by atoms with Crippen molar-refractivity contribution in [1.82, 2.24) is 5.32 Å². The molecule has 4 nitrogen and oxygen atoms in total. The molecule has 1 unspecified atom stereocenters. The molecule has 17 heavy (non-hydrogen) atoms. The van der Waals surface area contributed by atoms with Gasteiger partial charge in [0.1, 0.15) is 6.61 Å². The quantitative estimate of drug-likeness (QED) is 0.727. The third-order valence-corrected chi connectivity index (χ3v) is 2.56. The number of amides is 1. The van der Waals surface area contributed by atoms with Gasteiger partial charge in [-0.3, -0.25) is 4.79 Å². The lowest BCUT2D eigenvalue weighted by Gasteiger charge is -2.14. The Balaban J connectivity index is 2.23. The van der Waals surface area contributed by atoms with Crippen LogP contribution in [0.25, 0.3) is 0 Å². The molecule has 0 aromatic heterocycles. The van der Waals surface area contributed by atoms with Crippen LogP contribution in [0.4, 0.5) is 0 Å². The number of nitrogens with one attached hydrogen (secondary N) is 1. The molecule has 0 aliphatic heterocycles. The number of benzene rings is 1. The molecule has 0 aliphatic carbocycles. The minimum absolute atomic E-state index is 0.0307. The standard InChI is InChI=1S/C12H17ClN2O2/c1-9(10-2-4-11(13)5-3-10)15-6-7-17-8-12(14)16/h2-5,9,15H,6-8H2,1H3,(H2,14,16). The number of rotatable bonds is 7. The van der Waals surface area contributed by atoms with Crippen LogP contribution in [0.3, 0.4) is 0 Å². The normalized spacial score (nSPS) is 12.4. The highest BCUT2D eigenvalue weighted by molar-refractivity contribution is 6.30. The summed E-state index contributed by atoms with van der Waals surface area (Å²) in [6, 6.07) is 7.88. The molecule has 1 aromatic carbocycles. The number of ether oxygens (including phenoxy) is 1. The number of primary amides is 1. The van der Waals surface area contributed by atoms with Gasteiger partial charge in [-0.05, 0) is 24.6 Å². The van der Waals surface area contributed by atoms with Gasteiger partial charge in [-0.2, -0.15) is 0 Å². The highest BCUT2D eigenvalue weighted by atomic mass is 35.5. The van der Waals surface area contributed by atoms with Gasteiger partial charge < -0.3 is 15.8 Å². The minimum atomic E-state index is -0.448. The molecular formula is C12H17ClN2O2. The molecule has 1 rings (SSSR count). The maximum absolute atomic E-state index is 10.4. The van der Waals surface area contributed by atoms with E-state index in [2.05, 4.69) is 12.2 Å². The zero-order valence-corrected chi connectivity index (χ0v) is 10.5. The Labute approximate surface area is 106 Å². The van der Waals surface area contributed by atoms with Crippen molar-refractivity contribution in [1.29, 1.82) is 0 Å². The molecule has 0 heterocycles. The van der Waals surface area contributed by atoms with Crippen molar-refractivity contribution in [3.05, 3.63) is 34.9 Å². The van der Waals surface area contributed by atoms with Gasteiger partial charge in [0, 0.05) is 17.6 Å². The lowest BCUT2D eigenvalue weighted by Crippen LogP contribution is -2.25.